The summed E-state index contributed by atoms with van der Waals surface area (Å²) in [5.74, 6) is 0. The Hall–Kier alpha value is -1.45. The minimum Gasteiger partial charge on any atom is -0.385 e. The molecule has 1 fully saturated rings. The molecule has 0 saturated heterocycles. The Morgan fingerprint density at radius 1 is 1.35 bits per heavy atom. The number of nitrogens with zero attached hydrogens (tertiary/aromatic N) is 1. The highest BCUT2D eigenvalue weighted by Gasteiger charge is 2.38. The standard InChI is InChI=1S/C14H16N2O/c15-11-4-6-14(17,8-11)13-3-1-2-10-9-16-7-5-12(10)13/h1-3,5,7,9,11,17H,4,6,8,15H2. The average Bonchev–Trinajstić information content (AvgIpc) is 2.70. The van der Waals surface area contributed by atoms with Crippen LogP contribution in [0.1, 0.15) is 24.8 Å². The molecule has 3 nitrogen and oxygen atoms in total. The number of pyridine rings is 1. The molecule has 1 aliphatic carbocycles. The van der Waals surface area contributed by atoms with Gasteiger partial charge in [0.25, 0.3) is 0 Å². The zero-order valence-corrected chi connectivity index (χ0v) is 9.63. The Labute approximate surface area is 100 Å². The SMILES string of the molecule is NC1CCC(O)(c2cccc3cnccc23)C1. The van der Waals surface area contributed by atoms with E-state index in [4.69, 9.17) is 5.73 Å². The monoisotopic (exact) mass is 228 g/mol. The molecule has 3 rings (SSSR count). The lowest BCUT2D eigenvalue weighted by Crippen LogP contribution is -2.25. The Balaban J connectivity index is 2.17. The molecule has 0 amide bonds. The van der Waals surface area contributed by atoms with E-state index in [1.807, 2.05) is 30.5 Å². The second-order valence-electron chi connectivity index (χ2n) is 4.94. The summed E-state index contributed by atoms with van der Waals surface area (Å²) in [6.07, 6.45) is 5.88. The van der Waals surface area contributed by atoms with Crippen LogP contribution >= 0.6 is 0 Å². The predicted molar refractivity (Wildman–Crippen MR) is 67.5 cm³/mol. The normalized spacial score (nSPS) is 28.7. The summed E-state index contributed by atoms with van der Waals surface area (Å²) in [5.41, 5.74) is 6.15. The van der Waals surface area contributed by atoms with Gasteiger partial charge in [0, 0.05) is 23.8 Å². The molecule has 0 spiro atoms. The minimum absolute atomic E-state index is 0.108. The largest absolute Gasteiger partial charge is 0.385 e. The van der Waals surface area contributed by atoms with Crippen LogP contribution in [0.25, 0.3) is 10.8 Å². The summed E-state index contributed by atoms with van der Waals surface area (Å²) < 4.78 is 0. The van der Waals surface area contributed by atoms with Gasteiger partial charge in [0.1, 0.15) is 0 Å². The van der Waals surface area contributed by atoms with Gasteiger partial charge < -0.3 is 10.8 Å². The van der Waals surface area contributed by atoms with Gasteiger partial charge in [-0.15, -0.1) is 0 Å². The van der Waals surface area contributed by atoms with E-state index in [1.54, 1.807) is 6.20 Å². The van der Waals surface area contributed by atoms with Crippen molar-refractivity contribution in [3.05, 3.63) is 42.2 Å². The average molecular weight is 228 g/mol. The maximum absolute atomic E-state index is 10.7. The van der Waals surface area contributed by atoms with Crippen molar-refractivity contribution >= 4 is 10.8 Å². The van der Waals surface area contributed by atoms with Gasteiger partial charge in [-0.05, 0) is 36.3 Å². The molecule has 0 bridgehead atoms. The van der Waals surface area contributed by atoms with E-state index >= 15 is 0 Å². The van der Waals surface area contributed by atoms with Gasteiger partial charge in [0.05, 0.1) is 5.60 Å². The van der Waals surface area contributed by atoms with Crippen LogP contribution in [0, 0.1) is 0 Å². The quantitative estimate of drug-likeness (QED) is 0.784. The summed E-state index contributed by atoms with van der Waals surface area (Å²) in [6.45, 7) is 0. The number of rotatable bonds is 1. The van der Waals surface area contributed by atoms with Crippen molar-refractivity contribution in [2.75, 3.05) is 0 Å². The van der Waals surface area contributed by atoms with Gasteiger partial charge in [-0.1, -0.05) is 18.2 Å². The summed E-state index contributed by atoms with van der Waals surface area (Å²) in [6, 6.07) is 8.06. The van der Waals surface area contributed by atoms with Crippen LogP contribution in [0.3, 0.4) is 0 Å². The van der Waals surface area contributed by atoms with Crippen molar-refractivity contribution in [3.8, 4) is 0 Å². The van der Waals surface area contributed by atoms with Gasteiger partial charge in [0.15, 0.2) is 0 Å². The molecule has 88 valence electrons. The lowest BCUT2D eigenvalue weighted by atomic mass is 9.88. The summed E-state index contributed by atoms with van der Waals surface area (Å²) >= 11 is 0. The lowest BCUT2D eigenvalue weighted by molar-refractivity contribution is 0.0446. The third-order valence-electron chi connectivity index (χ3n) is 3.71. The molecule has 1 aromatic heterocycles. The molecule has 3 heteroatoms. The number of hydrogen-bond donors (Lipinski definition) is 2. The van der Waals surface area contributed by atoms with E-state index in [2.05, 4.69) is 4.98 Å². The third kappa shape index (κ3) is 1.72. The Kier molecular flexibility index (Phi) is 2.38. The number of aromatic nitrogens is 1. The van der Waals surface area contributed by atoms with Crippen LogP contribution in [0.2, 0.25) is 0 Å². The third-order valence-corrected chi connectivity index (χ3v) is 3.71. The van der Waals surface area contributed by atoms with Crippen LogP contribution < -0.4 is 5.73 Å². The molecule has 1 aromatic carbocycles. The molecular formula is C14H16N2O. The first-order chi connectivity index (χ1) is 8.19. The number of aliphatic hydroxyl groups is 1. The van der Waals surface area contributed by atoms with E-state index in [0.29, 0.717) is 6.42 Å². The van der Waals surface area contributed by atoms with E-state index < -0.39 is 5.60 Å². The van der Waals surface area contributed by atoms with Gasteiger partial charge >= 0.3 is 0 Å². The number of hydrogen-bond acceptors (Lipinski definition) is 3. The van der Waals surface area contributed by atoms with Gasteiger partial charge in [-0.2, -0.15) is 0 Å². The Bertz CT molecular complexity index is 549. The van der Waals surface area contributed by atoms with Crippen LogP contribution in [0.4, 0.5) is 0 Å². The van der Waals surface area contributed by atoms with Crippen LogP contribution in [0.15, 0.2) is 36.7 Å². The summed E-state index contributed by atoms with van der Waals surface area (Å²) in [7, 11) is 0. The molecule has 3 N–H and O–H groups in total. The Morgan fingerprint density at radius 3 is 3.00 bits per heavy atom. The molecule has 0 aliphatic heterocycles. The number of nitrogens with two attached hydrogens (primary N) is 1. The fraction of sp³-hybridized carbons (Fsp3) is 0.357. The molecule has 1 heterocycles. The van der Waals surface area contributed by atoms with Crippen molar-refractivity contribution in [2.24, 2.45) is 5.73 Å². The molecular weight excluding hydrogens is 212 g/mol. The van der Waals surface area contributed by atoms with Gasteiger partial charge in [-0.3, -0.25) is 4.98 Å². The van der Waals surface area contributed by atoms with Crippen molar-refractivity contribution in [3.63, 3.8) is 0 Å². The van der Waals surface area contributed by atoms with Crippen LogP contribution in [0.5, 0.6) is 0 Å². The second-order valence-corrected chi connectivity index (χ2v) is 4.94. The highest BCUT2D eigenvalue weighted by Crippen LogP contribution is 2.40. The van der Waals surface area contributed by atoms with Crippen molar-refractivity contribution < 1.29 is 5.11 Å². The second kappa shape index (κ2) is 3.79. The molecule has 2 atom stereocenters. The van der Waals surface area contributed by atoms with E-state index in [1.165, 1.54) is 0 Å². The van der Waals surface area contributed by atoms with Crippen molar-refractivity contribution in [1.82, 2.24) is 4.98 Å². The topological polar surface area (TPSA) is 59.1 Å². The molecule has 2 aromatic rings. The zero-order valence-electron chi connectivity index (χ0n) is 9.63. The van der Waals surface area contributed by atoms with Crippen molar-refractivity contribution in [1.29, 1.82) is 0 Å². The summed E-state index contributed by atoms with van der Waals surface area (Å²) in [5, 5.41) is 12.9. The molecule has 2 unspecified atom stereocenters. The maximum atomic E-state index is 10.7. The van der Waals surface area contributed by atoms with E-state index in [0.717, 1.165) is 29.2 Å². The highest BCUT2D eigenvalue weighted by atomic mass is 16.3. The minimum atomic E-state index is -0.764. The predicted octanol–water partition coefficient (Wildman–Crippen LogP) is 1.93. The highest BCUT2D eigenvalue weighted by molar-refractivity contribution is 5.85. The fourth-order valence-corrected chi connectivity index (χ4v) is 2.84. The molecule has 1 saturated carbocycles. The molecule has 17 heavy (non-hydrogen) atoms. The summed E-state index contributed by atoms with van der Waals surface area (Å²) in [4.78, 5) is 4.11. The number of fused-ring (bicyclic) bond motifs is 1. The molecule has 0 radical (unpaired) electrons. The number of benzene rings is 1. The molecule has 1 aliphatic rings. The first-order valence-electron chi connectivity index (χ1n) is 6.00. The van der Waals surface area contributed by atoms with E-state index in [9.17, 15) is 5.11 Å². The van der Waals surface area contributed by atoms with Gasteiger partial charge in [-0.25, -0.2) is 0 Å². The zero-order chi connectivity index (χ0) is 11.9. The Morgan fingerprint density at radius 2 is 2.24 bits per heavy atom. The maximum Gasteiger partial charge on any atom is 0.0917 e. The first-order valence-corrected chi connectivity index (χ1v) is 6.00. The van der Waals surface area contributed by atoms with Crippen LogP contribution in [-0.4, -0.2) is 16.1 Å². The lowest BCUT2D eigenvalue weighted by Gasteiger charge is -2.24. The first kappa shape index (κ1) is 10.7. The van der Waals surface area contributed by atoms with Crippen LogP contribution in [-0.2, 0) is 5.60 Å². The van der Waals surface area contributed by atoms with E-state index in [-0.39, 0.29) is 6.04 Å². The van der Waals surface area contributed by atoms with Crippen molar-refractivity contribution in [2.45, 2.75) is 30.9 Å². The smallest absolute Gasteiger partial charge is 0.0917 e. The fourth-order valence-electron chi connectivity index (χ4n) is 2.84. The van der Waals surface area contributed by atoms with Gasteiger partial charge in [0.2, 0.25) is 0 Å².